The van der Waals surface area contributed by atoms with Crippen molar-refractivity contribution < 1.29 is 9.53 Å². The molecule has 2 unspecified atom stereocenters. The number of benzene rings is 1. The summed E-state index contributed by atoms with van der Waals surface area (Å²) in [6, 6.07) is 7.46. The van der Waals surface area contributed by atoms with Crippen LogP contribution in [0.5, 0.6) is 5.75 Å². The number of hydrogen-bond acceptors (Lipinski definition) is 3. The van der Waals surface area contributed by atoms with Gasteiger partial charge in [0.2, 0.25) is 0 Å². The number of carbonyl (C=O) groups excluding carboxylic acids is 1. The molecule has 1 heterocycles. The van der Waals surface area contributed by atoms with Crippen molar-refractivity contribution in [1.82, 2.24) is 4.90 Å². The smallest absolute Gasteiger partial charge is 0.257 e. The maximum Gasteiger partial charge on any atom is 0.257 e. The molecule has 2 atom stereocenters. The van der Waals surface area contributed by atoms with Gasteiger partial charge in [0.05, 0.1) is 12.2 Å². The lowest BCUT2D eigenvalue weighted by molar-refractivity contribution is 0.0614. The molecule has 1 amide bonds. The van der Waals surface area contributed by atoms with Crippen LogP contribution in [0.1, 0.15) is 30.6 Å². The molecule has 4 nitrogen and oxygen atoms in total. The Hall–Kier alpha value is -1.55. The van der Waals surface area contributed by atoms with Crippen molar-refractivity contribution >= 4 is 5.91 Å². The van der Waals surface area contributed by atoms with E-state index >= 15 is 0 Å². The Bertz CT molecular complexity index is 462. The number of ether oxygens (including phenoxy) is 1. The van der Waals surface area contributed by atoms with E-state index in [9.17, 15) is 4.79 Å². The number of amides is 1. The SMILES string of the molecule is CCOc1ccccc1C(=O)N1CCC(C)C(CN)C1. The topological polar surface area (TPSA) is 55.6 Å². The second kappa shape index (κ2) is 6.75. The molecule has 0 radical (unpaired) electrons. The molecule has 0 aromatic heterocycles. The fourth-order valence-corrected chi connectivity index (χ4v) is 2.74. The van der Waals surface area contributed by atoms with Crippen LogP contribution in [0.4, 0.5) is 0 Å². The lowest BCUT2D eigenvalue weighted by atomic mass is 9.87. The number of carbonyl (C=O) groups is 1. The first-order valence-corrected chi connectivity index (χ1v) is 7.38. The van der Waals surface area contributed by atoms with Crippen LogP contribution in [-0.4, -0.2) is 37.0 Å². The van der Waals surface area contributed by atoms with Crippen LogP contribution < -0.4 is 10.5 Å². The van der Waals surface area contributed by atoms with E-state index < -0.39 is 0 Å². The molecular formula is C16H24N2O2. The fourth-order valence-electron chi connectivity index (χ4n) is 2.74. The maximum atomic E-state index is 12.7. The van der Waals surface area contributed by atoms with E-state index in [0.717, 1.165) is 19.5 Å². The first-order valence-electron chi connectivity index (χ1n) is 7.38. The number of hydrogen-bond donors (Lipinski definition) is 1. The highest BCUT2D eigenvalue weighted by Gasteiger charge is 2.29. The van der Waals surface area contributed by atoms with Gasteiger partial charge in [-0.25, -0.2) is 0 Å². The van der Waals surface area contributed by atoms with E-state index in [-0.39, 0.29) is 5.91 Å². The first-order chi connectivity index (χ1) is 9.67. The Balaban J connectivity index is 2.15. The monoisotopic (exact) mass is 276 g/mol. The number of nitrogens with two attached hydrogens (primary N) is 1. The van der Waals surface area contributed by atoms with Gasteiger partial charge in [-0.1, -0.05) is 19.1 Å². The van der Waals surface area contributed by atoms with Gasteiger partial charge in [-0.2, -0.15) is 0 Å². The van der Waals surface area contributed by atoms with Crippen molar-refractivity contribution in [2.45, 2.75) is 20.3 Å². The first kappa shape index (κ1) is 14.9. The largest absolute Gasteiger partial charge is 0.493 e. The molecule has 2 N–H and O–H groups in total. The molecule has 1 fully saturated rings. The van der Waals surface area contributed by atoms with Gasteiger partial charge in [0.15, 0.2) is 0 Å². The molecule has 4 heteroatoms. The van der Waals surface area contributed by atoms with Crippen LogP contribution >= 0.6 is 0 Å². The summed E-state index contributed by atoms with van der Waals surface area (Å²) in [6.07, 6.45) is 1.02. The molecular weight excluding hydrogens is 252 g/mol. The minimum atomic E-state index is 0.0550. The summed E-state index contributed by atoms with van der Waals surface area (Å²) in [5.74, 6) is 1.71. The third-order valence-corrected chi connectivity index (χ3v) is 4.12. The van der Waals surface area contributed by atoms with Crippen LogP contribution in [0.3, 0.4) is 0 Å². The predicted molar refractivity (Wildman–Crippen MR) is 79.8 cm³/mol. The summed E-state index contributed by atoms with van der Waals surface area (Å²) in [5.41, 5.74) is 6.46. The molecule has 1 aliphatic heterocycles. The molecule has 0 aliphatic carbocycles. The van der Waals surface area contributed by atoms with E-state index in [1.165, 1.54) is 0 Å². The molecule has 0 bridgehead atoms. The normalized spacial score (nSPS) is 22.6. The molecule has 1 saturated heterocycles. The summed E-state index contributed by atoms with van der Waals surface area (Å²) in [6.45, 7) is 6.89. The molecule has 1 aromatic rings. The number of likely N-dealkylation sites (tertiary alicyclic amines) is 1. The lowest BCUT2D eigenvalue weighted by Crippen LogP contribution is -2.45. The van der Waals surface area contributed by atoms with Crippen molar-refractivity contribution in [2.24, 2.45) is 17.6 Å². The third kappa shape index (κ3) is 3.12. The average Bonchev–Trinajstić information content (AvgIpc) is 2.48. The highest BCUT2D eigenvalue weighted by Crippen LogP contribution is 2.26. The Morgan fingerprint density at radius 1 is 1.45 bits per heavy atom. The summed E-state index contributed by atoms with van der Waals surface area (Å²) >= 11 is 0. The number of piperidine rings is 1. The van der Waals surface area contributed by atoms with Gasteiger partial charge in [-0.15, -0.1) is 0 Å². The zero-order valence-electron chi connectivity index (χ0n) is 12.3. The highest BCUT2D eigenvalue weighted by atomic mass is 16.5. The number of rotatable bonds is 4. The van der Waals surface area contributed by atoms with Crippen LogP contribution in [0, 0.1) is 11.8 Å². The second-order valence-corrected chi connectivity index (χ2v) is 5.44. The van der Waals surface area contributed by atoms with Gasteiger partial charge in [0.1, 0.15) is 5.75 Å². The number of nitrogens with zero attached hydrogens (tertiary/aromatic N) is 1. The van der Waals surface area contributed by atoms with Gasteiger partial charge < -0.3 is 15.4 Å². The van der Waals surface area contributed by atoms with Crippen LogP contribution in [0.2, 0.25) is 0 Å². The minimum Gasteiger partial charge on any atom is -0.493 e. The fraction of sp³-hybridized carbons (Fsp3) is 0.562. The zero-order chi connectivity index (χ0) is 14.5. The summed E-state index contributed by atoms with van der Waals surface area (Å²) < 4.78 is 5.55. The molecule has 1 aromatic carbocycles. The summed E-state index contributed by atoms with van der Waals surface area (Å²) in [7, 11) is 0. The third-order valence-electron chi connectivity index (χ3n) is 4.12. The maximum absolute atomic E-state index is 12.7. The summed E-state index contributed by atoms with van der Waals surface area (Å²) in [4.78, 5) is 14.6. The van der Waals surface area contributed by atoms with E-state index in [4.69, 9.17) is 10.5 Å². The van der Waals surface area contributed by atoms with Crippen LogP contribution in [-0.2, 0) is 0 Å². The quantitative estimate of drug-likeness (QED) is 0.916. The van der Waals surface area contributed by atoms with Crippen LogP contribution in [0.25, 0.3) is 0 Å². The van der Waals surface area contributed by atoms with Gasteiger partial charge in [0, 0.05) is 13.1 Å². The van der Waals surface area contributed by atoms with Crippen LogP contribution in [0.15, 0.2) is 24.3 Å². The lowest BCUT2D eigenvalue weighted by Gasteiger charge is -2.36. The van der Waals surface area contributed by atoms with Gasteiger partial charge in [0.25, 0.3) is 5.91 Å². The predicted octanol–water partition coefficient (Wildman–Crippen LogP) is 2.14. The second-order valence-electron chi connectivity index (χ2n) is 5.44. The Morgan fingerprint density at radius 2 is 2.20 bits per heavy atom. The molecule has 0 saturated carbocycles. The zero-order valence-corrected chi connectivity index (χ0v) is 12.3. The molecule has 2 rings (SSSR count). The Morgan fingerprint density at radius 3 is 2.90 bits per heavy atom. The van der Waals surface area contributed by atoms with Crippen molar-refractivity contribution in [1.29, 1.82) is 0 Å². The van der Waals surface area contributed by atoms with E-state index in [1.807, 2.05) is 36.1 Å². The van der Waals surface area contributed by atoms with E-state index in [1.54, 1.807) is 0 Å². The molecule has 0 spiro atoms. The van der Waals surface area contributed by atoms with Gasteiger partial charge >= 0.3 is 0 Å². The Labute approximate surface area is 120 Å². The molecule has 1 aliphatic rings. The highest BCUT2D eigenvalue weighted by molar-refractivity contribution is 5.97. The average molecular weight is 276 g/mol. The summed E-state index contributed by atoms with van der Waals surface area (Å²) in [5, 5.41) is 0. The minimum absolute atomic E-state index is 0.0550. The molecule has 110 valence electrons. The standard InChI is InChI=1S/C16H24N2O2/c1-3-20-15-7-5-4-6-14(15)16(19)18-9-8-12(2)13(10-17)11-18/h4-7,12-13H,3,8-11,17H2,1-2H3. The van der Waals surface area contributed by atoms with Crippen molar-refractivity contribution in [3.05, 3.63) is 29.8 Å². The van der Waals surface area contributed by atoms with E-state index in [0.29, 0.717) is 36.3 Å². The van der Waals surface area contributed by atoms with Crippen molar-refractivity contribution in [3.8, 4) is 5.75 Å². The van der Waals surface area contributed by atoms with Crippen molar-refractivity contribution in [2.75, 3.05) is 26.2 Å². The molecule has 20 heavy (non-hydrogen) atoms. The van der Waals surface area contributed by atoms with E-state index in [2.05, 4.69) is 6.92 Å². The Kier molecular flexibility index (Phi) is 5.01. The van der Waals surface area contributed by atoms with Gasteiger partial charge in [-0.05, 0) is 43.9 Å². The van der Waals surface area contributed by atoms with Gasteiger partial charge in [-0.3, -0.25) is 4.79 Å². The van der Waals surface area contributed by atoms with Crippen molar-refractivity contribution in [3.63, 3.8) is 0 Å². The number of para-hydroxylation sites is 1.